The maximum atomic E-state index is 9.64. The monoisotopic (exact) mass is 450 g/mol. The summed E-state index contributed by atoms with van der Waals surface area (Å²) in [4.78, 5) is 6.76. The Kier molecular flexibility index (Phi) is 8.59. The number of oxazole rings is 1. The number of nitrogens with one attached hydrogen (secondary N) is 1. The minimum absolute atomic E-state index is 0.136. The van der Waals surface area contributed by atoms with Crippen molar-refractivity contribution in [1.29, 1.82) is 5.26 Å². The molecular weight excluding hydrogens is 408 g/mol. The van der Waals surface area contributed by atoms with Crippen molar-refractivity contribution in [2.75, 3.05) is 26.0 Å². The van der Waals surface area contributed by atoms with Gasteiger partial charge in [0.05, 0.1) is 6.04 Å². The van der Waals surface area contributed by atoms with Gasteiger partial charge in [-0.15, -0.1) is 0 Å². The van der Waals surface area contributed by atoms with Gasteiger partial charge in [-0.1, -0.05) is 71.2 Å². The lowest BCUT2D eigenvalue weighted by atomic mass is 9.80. The van der Waals surface area contributed by atoms with Crippen molar-refractivity contribution in [2.24, 2.45) is 5.92 Å². The van der Waals surface area contributed by atoms with Crippen molar-refractivity contribution in [3.63, 3.8) is 0 Å². The number of unbranched alkanes of at least 4 members (excludes halogenated alkanes) is 1. The summed E-state index contributed by atoms with van der Waals surface area (Å²) in [6.07, 6.45) is 8.64. The summed E-state index contributed by atoms with van der Waals surface area (Å²) < 4.78 is 6.13. The predicted molar refractivity (Wildman–Crippen MR) is 136 cm³/mol. The molecule has 1 saturated carbocycles. The quantitative estimate of drug-likeness (QED) is 0.444. The van der Waals surface area contributed by atoms with Gasteiger partial charge >= 0.3 is 0 Å². The Balaban J connectivity index is 1.66. The van der Waals surface area contributed by atoms with E-state index >= 15 is 0 Å². The van der Waals surface area contributed by atoms with E-state index in [-0.39, 0.29) is 11.5 Å². The Bertz CT molecular complexity index is 909. The highest BCUT2D eigenvalue weighted by atomic mass is 16.4. The zero-order valence-electron chi connectivity index (χ0n) is 21.4. The predicted octanol–water partition coefficient (Wildman–Crippen LogP) is 7.02. The van der Waals surface area contributed by atoms with Gasteiger partial charge in [0.2, 0.25) is 17.5 Å². The second-order valence-electron chi connectivity index (χ2n) is 10.9. The van der Waals surface area contributed by atoms with Crippen molar-refractivity contribution in [3.8, 4) is 6.07 Å². The first-order valence-electron chi connectivity index (χ1n) is 12.6. The fraction of sp³-hybridized carbons (Fsp3) is 0.643. The van der Waals surface area contributed by atoms with Gasteiger partial charge in [0.1, 0.15) is 6.07 Å². The topological polar surface area (TPSA) is 65.1 Å². The van der Waals surface area contributed by atoms with Crippen LogP contribution in [0.2, 0.25) is 0 Å². The van der Waals surface area contributed by atoms with E-state index in [2.05, 4.69) is 87.3 Å². The van der Waals surface area contributed by atoms with E-state index < -0.39 is 0 Å². The first-order valence-corrected chi connectivity index (χ1v) is 12.6. The molecule has 0 saturated heterocycles. The molecule has 0 spiro atoms. The molecule has 1 aliphatic carbocycles. The van der Waals surface area contributed by atoms with Crippen LogP contribution in [0, 0.1) is 17.2 Å². The highest BCUT2D eigenvalue weighted by Crippen LogP contribution is 2.38. The Labute approximate surface area is 200 Å². The van der Waals surface area contributed by atoms with Gasteiger partial charge in [0, 0.05) is 12.5 Å². The molecule has 3 rings (SSSR count). The SMILES string of the molecule is CCCCC1CCC(c2nc(C#N)c(NCC(c3ccc(C(C)(C)C)cc3)N(C)C)o2)CC1. The van der Waals surface area contributed by atoms with Gasteiger partial charge in [-0.3, -0.25) is 0 Å². The number of nitrogens with zero attached hydrogens (tertiary/aromatic N) is 3. The number of rotatable bonds is 9. The van der Waals surface area contributed by atoms with Crippen LogP contribution in [-0.4, -0.2) is 30.5 Å². The molecule has 1 N–H and O–H groups in total. The Morgan fingerprint density at radius 2 is 1.82 bits per heavy atom. The minimum atomic E-state index is 0.136. The molecule has 1 heterocycles. The van der Waals surface area contributed by atoms with Gasteiger partial charge in [-0.2, -0.15) is 5.26 Å². The molecule has 0 radical (unpaired) electrons. The smallest absolute Gasteiger partial charge is 0.232 e. The minimum Gasteiger partial charge on any atom is -0.424 e. The highest BCUT2D eigenvalue weighted by Gasteiger charge is 2.27. The first-order chi connectivity index (χ1) is 15.7. The van der Waals surface area contributed by atoms with Gasteiger partial charge < -0.3 is 14.6 Å². The second kappa shape index (κ2) is 11.2. The third-order valence-corrected chi connectivity index (χ3v) is 7.15. The molecule has 0 bridgehead atoms. The summed E-state index contributed by atoms with van der Waals surface area (Å²) in [6, 6.07) is 11.2. The molecule has 180 valence electrons. The van der Waals surface area contributed by atoms with E-state index in [1.165, 1.54) is 43.2 Å². The van der Waals surface area contributed by atoms with Crippen molar-refractivity contribution < 1.29 is 4.42 Å². The Morgan fingerprint density at radius 3 is 2.36 bits per heavy atom. The number of hydrogen-bond donors (Lipinski definition) is 1. The van der Waals surface area contributed by atoms with Gasteiger partial charge in [-0.25, -0.2) is 4.98 Å². The number of aromatic nitrogens is 1. The summed E-state index contributed by atoms with van der Waals surface area (Å²) in [5.41, 5.74) is 3.08. The highest BCUT2D eigenvalue weighted by molar-refractivity contribution is 5.46. The zero-order valence-corrected chi connectivity index (χ0v) is 21.4. The molecule has 2 aromatic rings. The Morgan fingerprint density at radius 1 is 1.15 bits per heavy atom. The van der Waals surface area contributed by atoms with E-state index in [9.17, 15) is 5.26 Å². The largest absolute Gasteiger partial charge is 0.424 e. The standard InChI is InChI=1S/C28H42N4O/c1-7-8-9-20-10-12-22(13-11-20)26-31-24(18-29)27(33-26)30-19-25(32(5)6)21-14-16-23(17-15-21)28(2,3)4/h14-17,20,22,25,30H,7-13,19H2,1-6H3. The third-order valence-electron chi connectivity index (χ3n) is 7.15. The fourth-order valence-corrected chi connectivity index (χ4v) is 4.89. The van der Waals surface area contributed by atoms with Crippen molar-refractivity contribution >= 4 is 5.88 Å². The van der Waals surface area contributed by atoms with Crippen LogP contribution >= 0.6 is 0 Å². The fourth-order valence-electron chi connectivity index (χ4n) is 4.89. The number of anilines is 1. The van der Waals surface area contributed by atoms with Gasteiger partial charge in [0.15, 0.2) is 0 Å². The molecule has 1 aliphatic rings. The van der Waals surface area contributed by atoms with E-state index in [0.717, 1.165) is 24.7 Å². The van der Waals surface area contributed by atoms with Crippen LogP contribution in [0.3, 0.4) is 0 Å². The van der Waals surface area contributed by atoms with Crippen molar-refractivity contribution in [1.82, 2.24) is 9.88 Å². The van der Waals surface area contributed by atoms with Crippen molar-refractivity contribution in [3.05, 3.63) is 47.0 Å². The number of likely N-dealkylation sites (N-methyl/N-ethyl adjacent to an activating group) is 1. The number of benzene rings is 1. The van der Waals surface area contributed by atoms with E-state index in [4.69, 9.17) is 4.42 Å². The lowest BCUT2D eigenvalue weighted by Crippen LogP contribution is -2.27. The molecule has 5 nitrogen and oxygen atoms in total. The van der Waals surface area contributed by atoms with E-state index in [1.807, 2.05) is 0 Å². The van der Waals surface area contributed by atoms with Gasteiger partial charge in [-0.05, 0) is 62.2 Å². The van der Waals surface area contributed by atoms with E-state index in [1.54, 1.807) is 0 Å². The zero-order chi connectivity index (χ0) is 24.0. The molecule has 1 aromatic heterocycles. The molecule has 1 atom stereocenters. The normalized spacial score (nSPS) is 19.9. The van der Waals surface area contributed by atoms with Gasteiger partial charge in [0.25, 0.3) is 0 Å². The van der Waals surface area contributed by atoms with Crippen molar-refractivity contribution in [2.45, 2.75) is 90.0 Å². The van der Waals surface area contributed by atoms with Crippen LogP contribution in [0.25, 0.3) is 0 Å². The molecular formula is C28H42N4O. The maximum Gasteiger partial charge on any atom is 0.232 e. The van der Waals surface area contributed by atoms with Crippen LogP contribution in [0.1, 0.15) is 107 Å². The van der Waals surface area contributed by atoms with Crippen LogP contribution in [0.15, 0.2) is 28.7 Å². The lowest BCUT2D eigenvalue weighted by Gasteiger charge is -2.27. The molecule has 0 amide bonds. The summed E-state index contributed by atoms with van der Waals surface area (Å²) in [5.74, 6) is 2.42. The summed E-state index contributed by atoms with van der Waals surface area (Å²) in [5, 5.41) is 13.0. The van der Waals surface area contributed by atoms with Crippen LogP contribution in [0.4, 0.5) is 5.88 Å². The molecule has 0 aliphatic heterocycles. The Hall–Kier alpha value is -2.32. The second-order valence-corrected chi connectivity index (χ2v) is 10.9. The summed E-state index contributed by atoms with van der Waals surface area (Å²) in [6.45, 7) is 9.60. The molecule has 1 unspecified atom stereocenters. The maximum absolute atomic E-state index is 9.64. The van der Waals surface area contributed by atoms with Crippen LogP contribution in [-0.2, 0) is 5.41 Å². The number of hydrogen-bond acceptors (Lipinski definition) is 5. The molecule has 1 fully saturated rings. The molecule has 33 heavy (non-hydrogen) atoms. The molecule has 1 aromatic carbocycles. The average Bonchev–Trinajstić information content (AvgIpc) is 3.21. The van der Waals surface area contributed by atoms with E-state index in [0.29, 0.717) is 24.0 Å². The van der Waals surface area contributed by atoms with Crippen LogP contribution in [0.5, 0.6) is 0 Å². The van der Waals surface area contributed by atoms with Crippen LogP contribution < -0.4 is 5.32 Å². The number of nitriles is 1. The third kappa shape index (κ3) is 6.60. The summed E-state index contributed by atoms with van der Waals surface area (Å²) >= 11 is 0. The first kappa shape index (κ1) is 25.3. The summed E-state index contributed by atoms with van der Waals surface area (Å²) in [7, 11) is 4.16. The lowest BCUT2D eigenvalue weighted by molar-refractivity contribution is 0.277. The average molecular weight is 451 g/mol. The molecule has 5 heteroatoms.